The lowest BCUT2D eigenvalue weighted by Crippen LogP contribution is -2.14. The van der Waals surface area contributed by atoms with Gasteiger partial charge >= 0.3 is 0 Å². The van der Waals surface area contributed by atoms with E-state index in [1.807, 2.05) is 0 Å². The van der Waals surface area contributed by atoms with Crippen LogP contribution in [0, 0.1) is 0 Å². The third kappa shape index (κ3) is 4.46. The molecule has 4 nitrogen and oxygen atoms in total. The molecular formula is C11H11Cl2N3O. The second-order valence-corrected chi connectivity index (χ2v) is 3.76. The lowest BCUT2D eigenvalue weighted by Gasteiger charge is -2.02. The van der Waals surface area contributed by atoms with Crippen molar-refractivity contribution in [2.24, 2.45) is 15.7 Å². The van der Waals surface area contributed by atoms with Crippen LogP contribution in [0.3, 0.4) is 0 Å². The average molecular weight is 272 g/mol. The minimum absolute atomic E-state index is 0.0429. The van der Waals surface area contributed by atoms with Crippen molar-refractivity contribution in [1.82, 2.24) is 0 Å². The number of hydrogen-bond acceptors (Lipinski definition) is 2. The predicted octanol–water partition coefficient (Wildman–Crippen LogP) is 2.71. The quantitative estimate of drug-likeness (QED) is 0.522. The summed E-state index contributed by atoms with van der Waals surface area (Å²) in [6.07, 6.45) is 0. The summed E-state index contributed by atoms with van der Waals surface area (Å²) in [6.45, 7) is 3.36. The van der Waals surface area contributed by atoms with Gasteiger partial charge < -0.3 is 10.5 Å². The molecule has 0 unspecified atom stereocenters. The standard InChI is InChI=1S/C11H11Cl2N3O/c1-7(12)15-11(13)16-10(14)8-3-5-9(17-2)6-4-8/h3-6H,1H2,2H3,(H2,14,15,16). The zero-order valence-electron chi connectivity index (χ0n) is 9.15. The smallest absolute Gasteiger partial charge is 0.225 e. The van der Waals surface area contributed by atoms with Crippen LogP contribution in [0.5, 0.6) is 5.75 Å². The van der Waals surface area contributed by atoms with Gasteiger partial charge in [0.1, 0.15) is 16.7 Å². The van der Waals surface area contributed by atoms with Gasteiger partial charge in [0.15, 0.2) is 0 Å². The van der Waals surface area contributed by atoms with Crippen LogP contribution >= 0.6 is 23.2 Å². The van der Waals surface area contributed by atoms with E-state index in [4.69, 9.17) is 33.7 Å². The van der Waals surface area contributed by atoms with E-state index in [0.717, 1.165) is 5.75 Å². The van der Waals surface area contributed by atoms with Crippen LogP contribution < -0.4 is 10.5 Å². The van der Waals surface area contributed by atoms with Crippen LogP contribution in [0.15, 0.2) is 46.0 Å². The Morgan fingerprint density at radius 1 is 1.24 bits per heavy atom. The first kappa shape index (κ1) is 13.5. The second-order valence-electron chi connectivity index (χ2n) is 2.98. The maximum absolute atomic E-state index is 5.73. The fourth-order valence-electron chi connectivity index (χ4n) is 1.05. The second kappa shape index (κ2) is 6.27. The molecule has 0 aliphatic heterocycles. The zero-order chi connectivity index (χ0) is 12.8. The Labute approximate surface area is 109 Å². The highest BCUT2D eigenvalue weighted by atomic mass is 35.5. The van der Waals surface area contributed by atoms with Gasteiger partial charge in [-0.25, -0.2) is 9.98 Å². The number of amidine groups is 2. The van der Waals surface area contributed by atoms with Gasteiger partial charge in [0, 0.05) is 5.56 Å². The fraction of sp³-hybridized carbons (Fsp3) is 0.0909. The zero-order valence-corrected chi connectivity index (χ0v) is 10.7. The van der Waals surface area contributed by atoms with Crippen molar-refractivity contribution in [3.8, 4) is 5.75 Å². The first-order chi connectivity index (χ1) is 8.02. The van der Waals surface area contributed by atoms with Gasteiger partial charge in [-0.15, -0.1) is 0 Å². The Hall–Kier alpha value is -1.52. The van der Waals surface area contributed by atoms with Crippen LogP contribution in [0.4, 0.5) is 0 Å². The maximum Gasteiger partial charge on any atom is 0.225 e. The lowest BCUT2D eigenvalue weighted by atomic mass is 10.2. The molecular weight excluding hydrogens is 261 g/mol. The van der Waals surface area contributed by atoms with Gasteiger partial charge in [-0.05, 0) is 35.9 Å². The van der Waals surface area contributed by atoms with Crippen molar-refractivity contribution in [2.75, 3.05) is 7.11 Å². The molecule has 0 aliphatic rings. The summed E-state index contributed by atoms with van der Waals surface area (Å²) in [5.41, 5.74) is 6.44. The SMILES string of the molecule is C=C(Cl)/N=C(Cl)\N=C(/N)c1ccc(OC)cc1. The van der Waals surface area contributed by atoms with Crippen LogP contribution in [-0.2, 0) is 0 Å². The molecule has 0 saturated carbocycles. The normalized spacial score (nSPS) is 12.4. The molecule has 0 amide bonds. The van der Waals surface area contributed by atoms with E-state index in [-0.39, 0.29) is 16.3 Å². The Kier molecular flexibility index (Phi) is 5.00. The largest absolute Gasteiger partial charge is 0.497 e. The third-order valence-electron chi connectivity index (χ3n) is 1.81. The Balaban J connectivity index is 2.91. The van der Waals surface area contributed by atoms with Gasteiger partial charge in [0.05, 0.1) is 7.11 Å². The number of hydrogen-bond donors (Lipinski definition) is 1. The van der Waals surface area contributed by atoms with E-state index in [1.54, 1.807) is 31.4 Å². The molecule has 6 heteroatoms. The number of benzene rings is 1. The molecule has 1 rings (SSSR count). The molecule has 2 N–H and O–H groups in total. The summed E-state index contributed by atoms with van der Waals surface area (Å²) >= 11 is 11.1. The van der Waals surface area contributed by atoms with Gasteiger partial charge in [0.25, 0.3) is 0 Å². The molecule has 1 aromatic carbocycles. The van der Waals surface area contributed by atoms with E-state index in [9.17, 15) is 0 Å². The lowest BCUT2D eigenvalue weighted by molar-refractivity contribution is 0.415. The summed E-state index contributed by atoms with van der Waals surface area (Å²) in [5, 5.41) is -0.0281. The van der Waals surface area contributed by atoms with Crippen molar-refractivity contribution >= 4 is 34.3 Å². The fourth-order valence-corrected chi connectivity index (χ4v) is 1.37. The third-order valence-corrected chi connectivity index (χ3v) is 2.07. The first-order valence-electron chi connectivity index (χ1n) is 4.60. The van der Waals surface area contributed by atoms with Gasteiger partial charge in [-0.3, -0.25) is 0 Å². The molecule has 0 fully saturated rings. The first-order valence-corrected chi connectivity index (χ1v) is 5.35. The monoisotopic (exact) mass is 271 g/mol. The van der Waals surface area contributed by atoms with Crippen molar-refractivity contribution in [3.05, 3.63) is 41.6 Å². The van der Waals surface area contributed by atoms with E-state index in [0.29, 0.717) is 5.56 Å². The van der Waals surface area contributed by atoms with Crippen LogP contribution in [-0.4, -0.2) is 18.2 Å². The molecule has 0 heterocycles. The van der Waals surface area contributed by atoms with E-state index in [2.05, 4.69) is 16.6 Å². The number of rotatable bonds is 3. The topological polar surface area (TPSA) is 60.0 Å². The van der Waals surface area contributed by atoms with E-state index < -0.39 is 0 Å². The average Bonchev–Trinajstić information content (AvgIpc) is 2.28. The Morgan fingerprint density at radius 2 is 1.82 bits per heavy atom. The number of halogens is 2. The molecule has 0 bridgehead atoms. The van der Waals surface area contributed by atoms with Crippen LogP contribution in [0.2, 0.25) is 0 Å². The van der Waals surface area contributed by atoms with Crippen molar-refractivity contribution in [1.29, 1.82) is 0 Å². The summed E-state index contributed by atoms with van der Waals surface area (Å²) < 4.78 is 5.02. The molecule has 0 aliphatic carbocycles. The molecule has 90 valence electrons. The molecule has 0 radical (unpaired) electrons. The number of nitrogens with two attached hydrogens (primary N) is 1. The number of ether oxygens (including phenoxy) is 1. The number of methoxy groups -OCH3 is 1. The molecule has 0 atom stereocenters. The van der Waals surface area contributed by atoms with Crippen LogP contribution in [0.25, 0.3) is 0 Å². The summed E-state index contributed by atoms with van der Waals surface area (Å²) in [4.78, 5) is 7.50. The molecule has 0 saturated heterocycles. The molecule has 0 spiro atoms. The van der Waals surface area contributed by atoms with Crippen LogP contribution in [0.1, 0.15) is 5.56 Å². The molecule has 1 aromatic rings. The Bertz CT molecular complexity index is 466. The minimum atomic E-state index is -0.0710. The van der Waals surface area contributed by atoms with Crippen molar-refractivity contribution in [3.63, 3.8) is 0 Å². The van der Waals surface area contributed by atoms with E-state index in [1.165, 1.54) is 0 Å². The molecule has 0 aromatic heterocycles. The van der Waals surface area contributed by atoms with Gasteiger partial charge in [0.2, 0.25) is 5.29 Å². The number of aliphatic imine (C=N–C) groups is 2. The van der Waals surface area contributed by atoms with Gasteiger partial charge in [-0.1, -0.05) is 18.2 Å². The van der Waals surface area contributed by atoms with Crippen molar-refractivity contribution in [2.45, 2.75) is 0 Å². The highest BCUT2D eigenvalue weighted by molar-refractivity contribution is 6.66. The number of nitrogens with zero attached hydrogens (tertiary/aromatic N) is 2. The predicted molar refractivity (Wildman–Crippen MR) is 72.0 cm³/mol. The Morgan fingerprint density at radius 3 is 2.29 bits per heavy atom. The summed E-state index contributed by atoms with van der Waals surface area (Å²) in [6, 6.07) is 7.06. The van der Waals surface area contributed by atoms with E-state index >= 15 is 0 Å². The molecule has 17 heavy (non-hydrogen) atoms. The summed E-state index contributed by atoms with van der Waals surface area (Å²) in [7, 11) is 1.59. The minimum Gasteiger partial charge on any atom is -0.497 e. The highest BCUT2D eigenvalue weighted by Gasteiger charge is 2.00. The highest BCUT2D eigenvalue weighted by Crippen LogP contribution is 2.11. The maximum atomic E-state index is 5.73. The van der Waals surface area contributed by atoms with Gasteiger partial charge in [-0.2, -0.15) is 0 Å². The van der Waals surface area contributed by atoms with Crippen molar-refractivity contribution < 1.29 is 4.74 Å². The summed E-state index contributed by atoms with van der Waals surface area (Å²) in [5.74, 6) is 0.967.